The first kappa shape index (κ1) is 11.1. The number of hydrogen-bond donors (Lipinski definition) is 1. The van der Waals surface area contributed by atoms with Gasteiger partial charge in [-0.2, -0.15) is 0 Å². The van der Waals surface area contributed by atoms with Gasteiger partial charge in [0.1, 0.15) is 0 Å². The molecule has 1 fully saturated rings. The highest BCUT2D eigenvalue weighted by molar-refractivity contribution is 5.56. The van der Waals surface area contributed by atoms with E-state index in [9.17, 15) is 0 Å². The molecule has 0 bridgehead atoms. The maximum atomic E-state index is 3.47. The van der Waals surface area contributed by atoms with Crippen molar-refractivity contribution in [2.24, 2.45) is 0 Å². The number of anilines is 1. The minimum atomic E-state index is 1.11. The van der Waals surface area contributed by atoms with Crippen molar-refractivity contribution in [3.63, 3.8) is 0 Å². The Morgan fingerprint density at radius 1 is 1.06 bits per heavy atom. The minimum absolute atomic E-state index is 1.11. The number of nitrogens with one attached hydrogen (secondary N) is 1. The van der Waals surface area contributed by atoms with Gasteiger partial charge in [0.25, 0.3) is 0 Å². The lowest BCUT2D eigenvalue weighted by Gasteiger charge is -2.20. The Hall–Kier alpha value is -1.02. The Labute approximate surface area is 104 Å². The highest BCUT2D eigenvalue weighted by Crippen LogP contribution is 2.24. The molecule has 0 aliphatic carbocycles. The van der Waals surface area contributed by atoms with Crippen molar-refractivity contribution in [2.75, 3.05) is 25.0 Å². The fourth-order valence-electron chi connectivity index (χ4n) is 2.99. The molecule has 1 saturated heterocycles. The molecule has 3 rings (SSSR count). The minimum Gasteiger partial charge on any atom is -0.384 e. The van der Waals surface area contributed by atoms with Crippen LogP contribution in [0.3, 0.4) is 0 Å². The Morgan fingerprint density at radius 3 is 2.71 bits per heavy atom. The van der Waals surface area contributed by atoms with Crippen molar-refractivity contribution in [3.8, 4) is 0 Å². The van der Waals surface area contributed by atoms with E-state index < -0.39 is 0 Å². The van der Waals surface area contributed by atoms with Crippen LogP contribution < -0.4 is 5.32 Å². The van der Waals surface area contributed by atoms with E-state index in [1.807, 2.05) is 0 Å². The van der Waals surface area contributed by atoms with Crippen molar-refractivity contribution in [1.82, 2.24) is 4.90 Å². The Bertz CT molecular complexity index is 379. The maximum absolute atomic E-state index is 3.47. The number of benzene rings is 1. The summed E-state index contributed by atoms with van der Waals surface area (Å²) in [6.07, 6.45) is 6.79. The molecule has 2 aliphatic heterocycles. The van der Waals surface area contributed by atoms with Crippen molar-refractivity contribution in [2.45, 2.75) is 38.6 Å². The van der Waals surface area contributed by atoms with E-state index in [-0.39, 0.29) is 0 Å². The summed E-state index contributed by atoms with van der Waals surface area (Å²) in [4.78, 5) is 2.61. The third-order valence-electron chi connectivity index (χ3n) is 3.99. The Balaban J connectivity index is 1.67. The number of nitrogens with zero attached hydrogens (tertiary/aromatic N) is 1. The van der Waals surface area contributed by atoms with Crippen molar-refractivity contribution in [3.05, 3.63) is 29.3 Å². The normalized spacial score (nSPS) is 20.7. The molecular weight excluding hydrogens is 208 g/mol. The van der Waals surface area contributed by atoms with E-state index in [0.717, 1.165) is 13.1 Å². The van der Waals surface area contributed by atoms with Crippen LogP contribution in [0.1, 0.15) is 36.8 Å². The van der Waals surface area contributed by atoms with Crippen LogP contribution in [-0.2, 0) is 13.0 Å². The molecule has 0 saturated carbocycles. The summed E-state index contributed by atoms with van der Waals surface area (Å²) in [5.74, 6) is 0. The average molecular weight is 230 g/mol. The van der Waals surface area contributed by atoms with Crippen LogP contribution in [0.25, 0.3) is 0 Å². The van der Waals surface area contributed by atoms with Gasteiger partial charge < -0.3 is 5.32 Å². The molecular formula is C15H22N2. The summed E-state index contributed by atoms with van der Waals surface area (Å²) in [5, 5.41) is 3.47. The molecule has 2 heteroatoms. The van der Waals surface area contributed by atoms with E-state index in [1.165, 1.54) is 62.0 Å². The smallest absolute Gasteiger partial charge is 0.0376 e. The average Bonchev–Trinajstić information content (AvgIpc) is 2.65. The molecule has 0 radical (unpaired) electrons. The van der Waals surface area contributed by atoms with Gasteiger partial charge in [-0.1, -0.05) is 25.0 Å². The van der Waals surface area contributed by atoms with Crippen LogP contribution in [0.2, 0.25) is 0 Å². The second-order valence-electron chi connectivity index (χ2n) is 5.36. The first-order valence-electron chi connectivity index (χ1n) is 7.00. The van der Waals surface area contributed by atoms with Crippen LogP contribution in [0, 0.1) is 0 Å². The zero-order valence-electron chi connectivity index (χ0n) is 10.5. The summed E-state index contributed by atoms with van der Waals surface area (Å²) in [6, 6.07) is 6.98. The molecule has 2 heterocycles. The standard InChI is InChI=1S/C15H22N2/c1-2-4-10-17(9-3-1)12-13-5-6-14-7-8-16-15(14)11-13/h5-6,11,16H,1-4,7-10,12H2. The SMILES string of the molecule is c1cc2c(cc1CN1CCCCCC1)NCC2. The van der Waals surface area contributed by atoms with E-state index in [4.69, 9.17) is 0 Å². The number of fused-ring (bicyclic) bond motifs is 1. The molecule has 2 aliphatic rings. The molecule has 0 atom stereocenters. The number of likely N-dealkylation sites (tertiary alicyclic amines) is 1. The lowest BCUT2D eigenvalue weighted by Crippen LogP contribution is -2.23. The van der Waals surface area contributed by atoms with Crippen LogP contribution in [0.5, 0.6) is 0 Å². The topological polar surface area (TPSA) is 15.3 Å². The highest BCUT2D eigenvalue weighted by Gasteiger charge is 2.13. The molecule has 2 nitrogen and oxygen atoms in total. The Kier molecular flexibility index (Phi) is 3.32. The fraction of sp³-hybridized carbons (Fsp3) is 0.600. The predicted octanol–water partition coefficient (Wildman–Crippen LogP) is 3.03. The van der Waals surface area contributed by atoms with Crippen LogP contribution >= 0.6 is 0 Å². The third kappa shape index (κ3) is 2.63. The zero-order chi connectivity index (χ0) is 11.5. The summed E-state index contributed by atoms with van der Waals surface area (Å²) >= 11 is 0. The van der Waals surface area contributed by atoms with E-state index >= 15 is 0 Å². The monoisotopic (exact) mass is 230 g/mol. The molecule has 92 valence electrons. The van der Waals surface area contributed by atoms with Crippen molar-refractivity contribution >= 4 is 5.69 Å². The van der Waals surface area contributed by atoms with Gasteiger partial charge in [-0.3, -0.25) is 4.90 Å². The van der Waals surface area contributed by atoms with Gasteiger partial charge in [-0.15, -0.1) is 0 Å². The van der Waals surface area contributed by atoms with Gasteiger partial charge >= 0.3 is 0 Å². The second kappa shape index (κ2) is 5.09. The molecule has 17 heavy (non-hydrogen) atoms. The second-order valence-corrected chi connectivity index (χ2v) is 5.36. The summed E-state index contributed by atoms with van der Waals surface area (Å²) in [5.41, 5.74) is 4.34. The highest BCUT2D eigenvalue weighted by atomic mass is 15.1. The van der Waals surface area contributed by atoms with E-state index in [1.54, 1.807) is 0 Å². The largest absolute Gasteiger partial charge is 0.384 e. The predicted molar refractivity (Wildman–Crippen MR) is 72.4 cm³/mol. The van der Waals surface area contributed by atoms with Crippen molar-refractivity contribution in [1.29, 1.82) is 0 Å². The quantitative estimate of drug-likeness (QED) is 0.840. The molecule has 0 spiro atoms. The van der Waals surface area contributed by atoms with Gasteiger partial charge in [0.15, 0.2) is 0 Å². The lowest BCUT2D eigenvalue weighted by atomic mass is 10.1. The van der Waals surface area contributed by atoms with Gasteiger partial charge in [-0.05, 0) is 49.5 Å². The molecule has 1 N–H and O–H groups in total. The maximum Gasteiger partial charge on any atom is 0.0376 e. The first-order valence-corrected chi connectivity index (χ1v) is 7.00. The third-order valence-corrected chi connectivity index (χ3v) is 3.99. The van der Waals surface area contributed by atoms with Gasteiger partial charge in [-0.25, -0.2) is 0 Å². The number of rotatable bonds is 2. The summed E-state index contributed by atoms with van der Waals surface area (Å²) in [7, 11) is 0. The number of hydrogen-bond acceptors (Lipinski definition) is 2. The molecule has 0 amide bonds. The summed E-state index contributed by atoms with van der Waals surface area (Å²) in [6.45, 7) is 4.81. The van der Waals surface area contributed by atoms with Crippen LogP contribution in [0.4, 0.5) is 5.69 Å². The van der Waals surface area contributed by atoms with Crippen LogP contribution in [-0.4, -0.2) is 24.5 Å². The molecule has 0 aromatic heterocycles. The van der Waals surface area contributed by atoms with Crippen LogP contribution in [0.15, 0.2) is 18.2 Å². The molecule has 1 aromatic rings. The molecule has 0 unspecified atom stereocenters. The molecule has 1 aromatic carbocycles. The van der Waals surface area contributed by atoms with Gasteiger partial charge in [0.2, 0.25) is 0 Å². The Morgan fingerprint density at radius 2 is 1.88 bits per heavy atom. The van der Waals surface area contributed by atoms with E-state index in [2.05, 4.69) is 28.4 Å². The van der Waals surface area contributed by atoms with E-state index in [0.29, 0.717) is 0 Å². The van der Waals surface area contributed by atoms with Crippen molar-refractivity contribution < 1.29 is 0 Å². The van der Waals surface area contributed by atoms with Gasteiger partial charge in [0, 0.05) is 18.8 Å². The zero-order valence-corrected chi connectivity index (χ0v) is 10.5. The summed E-state index contributed by atoms with van der Waals surface area (Å²) < 4.78 is 0. The first-order chi connectivity index (χ1) is 8.42. The lowest BCUT2D eigenvalue weighted by molar-refractivity contribution is 0.277. The van der Waals surface area contributed by atoms with Gasteiger partial charge in [0.05, 0.1) is 0 Å². The fourth-order valence-corrected chi connectivity index (χ4v) is 2.99.